The summed E-state index contributed by atoms with van der Waals surface area (Å²) >= 11 is 0. The second-order valence-electron chi connectivity index (χ2n) is 5.88. The Bertz CT molecular complexity index is 588. The van der Waals surface area contributed by atoms with Crippen LogP contribution in [0.4, 0.5) is 0 Å². The van der Waals surface area contributed by atoms with Gasteiger partial charge in [0.15, 0.2) is 0 Å². The zero-order chi connectivity index (χ0) is 17.4. The summed E-state index contributed by atoms with van der Waals surface area (Å²) in [7, 11) is 1.98. The normalized spacial score (nSPS) is 11.5. The van der Waals surface area contributed by atoms with Crippen LogP contribution >= 0.6 is 0 Å². The van der Waals surface area contributed by atoms with E-state index in [4.69, 9.17) is 4.74 Å². The fourth-order valence-corrected chi connectivity index (χ4v) is 2.65. The number of aliphatic hydroxyl groups is 1. The Balaban J connectivity index is 2.19. The summed E-state index contributed by atoms with van der Waals surface area (Å²) in [5, 5.41) is 11.2. The summed E-state index contributed by atoms with van der Waals surface area (Å²) in [6.07, 6.45) is 1.04. The van der Waals surface area contributed by atoms with E-state index in [1.54, 1.807) is 48.5 Å². The molecule has 0 aromatic heterocycles. The van der Waals surface area contributed by atoms with Crippen molar-refractivity contribution in [3.63, 3.8) is 0 Å². The van der Waals surface area contributed by atoms with E-state index in [-0.39, 0.29) is 6.61 Å². The van der Waals surface area contributed by atoms with Crippen LogP contribution in [0.2, 0.25) is 0 Å². The topological polar surface area (TPSA) is 49.8 Å². The van der Waals surface area contributed by atoms with Crippen molar-refractivity contribution in [3.05, 3.63) is 71.8 Å². The van der Waals surface area contributed by atoms with Crippen molar-refractivity contribution in [1.29, 1.82) is 0 Å². The molecular formula is C20H25NO3. The lowest BCUT2D eigenvalue weighted by molar-refractivity contribution is -0.162. The number of hydrogen-bond donors (Lipinski definition) is 1. The third-order valence-corrected chi connectivity index (χ3v) is 3.99. The molecule has 0 fully saturated rings. The lowest BCUT2D eigenvalue weighted by atomic mass is 9.86. The van der Waals surface area contributed by atoms with Crippen LogP contribution < -0.4 is 0 Å². The fourth-order valence-electron chi connectivity index (χ4n) is 2.65. The summed E-state index contributed by atoms with van der Waals surface area (Å²) in [5.74, 6) is -0.648. The van der Waals surface area contributed by atoms with Crippen LogP contribution in [0.15, 0.2) is 60.7 Å². The zero-order valence-electron chi connectivity index (χ0n) is 14.3. The van der Waals surface area contributed by atoms with Crippen LogP contribution in [0.25, 0.3) is 0 Å². The van der Waals surface area contributed by atoms with Crippen molar-refractivity contribution in [2.75, 3.05) is 26.7 Å². The third-order valence-electron chi connectivity index (χ3n) is 3.99. The number of carbonyl (C=O) groups excluding carboxylic acids is 1. The monoisotopic (exact) mass is 327 g/mol. The summed E-state index contributed by atoms with van der Waals surface area (Å²) in [6, 6.07) is 17.8. The molecule has 0 aliphatic heterocycles. The van der Waals surface area contributed by atoms with Gasteiger partial charge in [0.2, 0.25) is 5.60 Å². The highest BCUT2D eigenvalue weighted by Gasteiger charge is 2.41. The van der Waals surface area contributed by atoms with Crippen LogP contribution in [-0.2, 0) is 15.1 Å². The van der Waals surface area contributed by atoms with Crippen LogP contribution in [0.5, 0.6) is 0 Å². The van der Waals surface area contributed by atoms with Gasteiger partial charge in [-0.05, 0) is 31.1 Å². The smallest absolute Gasteiger partial charge is 0.347 e. The van der Waals surface area contributed by atoms with Crippen molar-refractivity contribution >= 4 is 5.97 Å². The quantitative estimate of drug-likeness (QED) is 0.758. The number of esters is 1. The molecule has 0 saturated carbocycles. The van der Waals surface area contributed by atoms with Crippen molar-refractivity contribution in [2.24, 2.45) is 0 Å². The van der Waals surface area contributed by atoms with Gasteiger partial charge in [-0.1, -0.05) is 67.6 Å². The molecule has 0 aliphatic carbocycles. The van der Waals surface area contributed by atoms with Crippen LogP contribution in [0.3, 0.4) is 0 Å². The predicted octanol–water partition coefficient (Wildman–Crippen LogP) is 2.81. The maximum Gasteiger partial charge on any atom is 0.347 e. The SMILES string of the molecule is CCCN(C)CCOC(=O)C(O)(c1ccccc1)c1ccccc1. The van der Waals surface area contributed by atoms with Gasteiger partial charge in [-0.25, -0.2) is 4.79 Å². The van der Waals surface area contributed by atoms with Crippen molar-refractivity contribution in [1.82, 2.24) is 4.90 Å². The van der Waals surface area contributed by atoms with E-state index in [1.165, 1.54) is 0 Å². The van der Waals surface area contributed by atoms with Gasteiger partial charge in [-0.15, -0.1) is 0 Å². The zero-order valence-corrected chi connectivity index (χ0v) is 14.3. The van der Waals surface area contributed by atoms with E-state index in [0.29, 0.717) is 17.7 Å². The maximum atomic E-state index is 12.7. The molecule has 0 heterocycles. The van der Waals surface area contributed by atoms with Gasteiger partial charge in [0.1, 0.15) is 6.61 Å². The molecule has 24 heavy (non-hydrogen) atoms. The molecule has 0 amide bonds. The molecule has 1 N–H and O–H groups in total. The molecule has 0 unspecified atom stereocenters. The molecular weight excluding hydrogens is 302 g/mol. The molecule has 0 radical (unpaired) electrons. The molecule has 0 aliphatic rings. The van der Waals surface area contributed by atoms with Crippen LogP contribution in [0.1, 0.15) is 24.5 Å². The van der Waals surface area contributed by atoms with Crippen molar-refractivity contribution in [3.8, 4) is 0 Å². The van der Waals surface area contributed by atoms with Gasteiger partial charge < -0.3 is 14.7 Å². The molecule has 4 heteroatoms. The molecule has 2 rings (SSSR count). The highest BCUT2D eigenvalue weighted by molar-refractivity contribution is 5.85. The molecule has 2 aromatic rings. The van der Waals surface area contributed by atoms with E-state index in [0.717, 1.165) is 13.0 Å². The van der Waals surface area contributed by atoms with Crippen LogP contribution in [-0.4, -0.2) is 42.7 Å². The number of rotatable bonds is 8. The Morgan fingerprint density at radius 1 is 1.00 bits per heavy atom. The Labute approximate surface area is 143 Å². The number of carbonyl (C=O) groups is 1. The highest BCUT2D eigenvalue weighted by Crippen LogP contribution is 2.30. The number of likely N-dealkylation sites (N-methyl/N-ethyl adjacent to an activating group) is 1. The summed E-state index contributed by atoms with van der Waals surface area (Å²) in [4.78, 5) is 14.8. The molecule has 4 nitrogen and oxygen atoms in total. The standard InChI is InChI=1S/C20H25NO3/c1-3-14-21(2)15-16-24-19(22)20(23,17-10-6-4-7-11-17)18-12-8-5-9-13-18/h4-13,23H,3,14-16H2,1-2H3. The average molecular weight is 327 g/mol. The number of benzene rings is 2. The second kappa shape index (κ2) is 8.62. The Morgan fingerprint density at radius 3 is 1.96 bits per heavy atom. The Morgan fingerprint density at radius 2 is 1.50 bits per heavy atom. The fraction of sp³-hybridized carbons (Fsp3) is 0.350. The Hall–Kier alpha value is -2.17. The molecule has 0 spiro atoms. The van der Waals surface area contributed by atoms with Gasteiger partial charge in [-0.2, -0.15) is 0 Å². The van der Waals surface area contributed by atoms with Gasteiger partial charge in [0.25, 0.3) is 0 Å². The first kappa shape index (κ1) is 18.2. The van der Waals surface area contributed by atoms with E-state index < -0.39 is 11.6 Å². The molecule has 2 aromatic carbocycles. The maximum absolute atomic E-state index is 12.7. The third kappa shape index (κ3) is 4.22. The van der Waals surface area contributed by atoms with E-state index >= 15 is 0 Å². The second-order valence-corrected chi connectivity index (χ2v) is 5.88. The largest absolute Gasteiger partial charge is 0.462 e. The summed E-state index contributed by atoms with van der Waals surface area (Å²) in [5.41, 5.74) is -0.794. The lowest BCUT2D eigenvalue weighted by Gasteiger charge is -2.27. The highest BCUT2D eigenvalue weighted by atomic mass is 16.5. The first-order valence-electron chi connectivity index (χ1n) is 8.28. The summed E-state index contributed by atoms with van der Waals surface area (Å²) in [6.45, 7) is 3.93. The van der Waals surface area contributed by atoms with Gasteiger partial charge in [0, 0.05) is 6.54 Å². The number of ether oxygens (including phenoxy) is 1. The van der Waals surface area contributed by atoms with Crippen molar-refractivity contribution < 1.29 is 14.6 Å². The number of nitrogens with zero attached hydrogens (tertiary/aromatic N) is 1. The molecule has 0 atom stereocenters. The van der Waals surface area contributed by atoms with Gasteiger partial charge >= 0.3 is 5.97 Å². The van der Waals surface area contributed by atoms with E-state index in [2.05, 4.69) is 11.8 Å². The van der Waals surface area contributed by atoms with Gasteiger partial charge in [-0.3, -0.25) is 0 Å². The minimum atomic E-state index is -1.80. The van der Waals surface area contributed by atoms with Crippen LogP contribution in [0, 0.1) is 0 Å². The molecule has 0 saturated heterocycles. The van der Waals surface area contributed by atoms with Crippen molar-refractivity contribution in [2.45, 2.75) is 18.9 Å². The minimum absolute atomic E-state index is 0.247. The van der Waals surface area contributed by atoms with E-state index in [1.807, 2.05) is 19.2 Å². The van der Waals surface area contributed by atoms with Gasteiger partial charge in [0.05, 0.1) is 0 Å². The molecule has 128 valence electrons. The average Bonchev–Trinajstić information content (AvgIpc) is 2.62. The Kier molecular flexibility index (Phi) is 6.53. The first-order chi connectivity index (χ1) is 11.6. The minimum Gasteiger partial charge on any atom is -0.462 e. The number of hydrogen-bond acceptors (Lipinski definition) is 4. The van der Waals surface area contributed by atoms with E-state index in [9.17, 15) is 9.90 Å². The first-order valence-corrected chi connectivity index (χ1v) is 8.28. The summed E-state index contributed by atoms with van der Waals surface area (Å²) < 4.78 is 5.40. The lowest BCUT2D eigenvalue weighted by Crippen LogP contribution is -2.39. The molecule has 0 bridgehead atoms. The predicted molar refractivity (Wildman–Crippen MR) is 94.6 cm³/mol.